The number of nitrogens with one attached hydrogen (secondary N) is 1. The molecule has 0 bridgehead atoms. The maximum Gasteiger partial charge on any atom is 0.223 e. The molecule has 1 amide bonds. The van der Waals surface area contributed by atoms with Crippen LogP contribution >= 0.6 is 0 Å². The summed E-state index contributed by atoms with van der Waals surface area (Å²) in [6, 6.07) is 10.3. The van der Waals surface area contributed by atoms with Crippen LogP contribution in [0.2, 0.25) is 0 Å². The van der Waals surface area contributed by atoms with Crippen LogP contribution in [0.4, 0.5) is 0 Å². The third-order valence-corrected chi connectivity index (χ3v) is 4.09. The van der Waals surface area contributed by atoms with E-state index in [-0.39, 0.29) is 11.8 Å². The van der Waals surface area contributed by atoms with Crippen molar-refractivity contribution in [3.8, 4) is 0 Å². The highest BCUT2D eigenvalue weighted by atomic mass is 16.2. The van der Waals surface area contributed by atoms with Gasteiger partial charge in [0, 0.05) is 37.8 Å². The Hall–Kier alpha value is -2.10. The van der Waals surface area contributed by atoms with Crippen molar-refractivity contribution in [1.82, 2.24) is 14.9 Å². The average Bonchev–Trinajstić information content (AvgIpc) is 3.07. The summed E-state index contributed by atoms with van der Waals surface area (Å²) < 4.78 is 2.14. The first-order valence-corrected chi connectivity index (χ1v) is 7.55. The molecule has 2 atom stereocenters. The fourth-order valence-electron chi connectivity index (χ4n) is 2.61. The van der Waals surface area contributed by atoms with Gasteiger partial charge in [-0.3, -0.25) is 4.79 Å². The number of benzene rings is 1. The Labute approximate surface area is 125 Å². The molecular weight excluding hydrogens is 262 g/mol. The standard InChI is InChI=1S/C17H21N3O/c1-13-11-15(13)17(21)19-8-7-16-18-9-10-20(16)12-14-5-3-2-4-6-14/h2-6,9-10,13,15H,7-8,11-12H2,1H3,(H,19,21). The van der Waals surface area contributed by atoms with Gasteiger partial charge in [-0.1, -0.05) is 37.3 Å². The topological polar surface area (TPSA) is 46.9 Å². The van der Waals surface area contributed by atoms with Gasteiger partial charge in [0.05, 0.1) is 0 Å². The van der Waals surface area contributed by atoms with Crippen molar-refractivity contribution in [3.63, 3.8) is 0 Å². The van der Waals surface area contributed by atoms with Gasteiger partial charge in [-0.05, 0) is 17.9 Å². The lowest BCUT2D eigenvalue weighted by molar-refractivity contribution is -0.122. The van der Waals surface area contributed by atoms with Gasteiger partial charge in [-0.2, -0.15) is 0 Å². The number of rotatable bonds is 6. The smallest absolute Gasteiger partial charge is 0.223 e. The molecule has 3 rings (SSSR count). The van der Waals surface area contributed by atoms with Gasteiger partial charge in [0.15, 0.2) is 0 Å². The van der Waals surface area contributed by atoms with E-state index in [2.05, 4.69) is 33.9 Å². The Morgan fingerprint density at radius 3 is 2.86 bits per heavy atom. The molecule has 4 heteroatoms. The van der Waals surface area contributed by atoms with Gasteiger partial charge in [-0.15, -0.1) is 0 Å². The molecule has 0 radical (unpaired) electrons. The quantitative estimate of drug-likeness (QED) is 0.884. The number of aromatic nitrogens is 2. The van der Waals surface area contributed by atoms with Gasteiger partial charge >= 0.3 is 0 Å². The van der Waals surface area contributed by atoms with Crippen LogP contribution in [-0.4, -0.2) is 22.0 Å². The van der Waals surface area contributed by atoms with Crippen LogP contribution in [0.5, 0.6) is 0 Å². The maximum atomic E-state index is 11.8. The van der Waals surface area contributed by atoms with Crippen LogP contribution in [0.25, 0.3) is 0 Å². The number of amides is 1. The summed E-state index contributed by atoms with van der Waals surface area (Å²) in [4.78, 5) is 16.2. The molecule has 2 unspecified atom stereocenters. The highest BCUT2D eigenvalue weighted by Gasteiger charge is 2.38. The molecule has 0 aliphatic heterocycles. The van der Waals surface area contributed by atoms with Crippen molar-refractivity contribution in [1.29, 1.82) is 0 Å². The molecule has 1 aromatic carbocycles. The van der Waals surface area contributed by atoms with Crippen LogP contribution in [0, 0.1) is 11.8 Å². The summed E-state index contributed by atoms with van der Waals surface area (Å²) >= 11 is 0. The fourth-order valence-corrected chi connectivity index (χ4v) is 2.61. The first-order valence-electron chi connectivity index (χ1n) is 7.55. The van der Waals surface area contributed by atoms with Crippen molar-refractivity contribution in [2.75, 3.05) is 6.54 Å². The third-order valence-electron chi connectivity index (χ3n) is 4.09. The summed E-state index contributed by atoms with van der Waals surface area (Å²) in [6.45, 7) is 3.61. The van der Waals surface area contributed by atoms with Crippen LogP contribution < -0.4 is 5.32 Å². The lowest BCUT2D eigenvalue weighted by Crippen LogP contribution is -2.28. The second kappa shape index (κ2) is 6.12. The van der Waals surface area contributed by atoms with E-state index in [1.807, 2.05) is 30.6 Å². The van der Waals surface area contributed by atoms with E-state index in [1.54, 1.807) is 0 Å². The average molecular weight is 283 g/mol. The van der Waals surface area contributed by atoms with E-state index in [1.165, 1.54) is 5.56 Å². The molecule has 21 heavy (non-hydrogen) atoms. The lowest BCUT2D eigenvalue weighted by Gasteiger charge is -2.09. The van der Waals surface area contributed by atoms with Crippen LogP contribution in [0.1, 0.15) is 24.7 Å². The summed E-state index contributed by atoms with van der Waals surface area (Å²) in [5, 5.41) is 3.01. The molecule has 1 saturated carbocycles. The third kappa shape index (κ3) is 3.51. The molecular formula is C17H21N3O. The van der Waals surface area contributed by atoms with Gasteiger partial charge in [0.1, 0.15) is 5.82 Å². The van der Waals surface area contributed by atoms with E-state index in [9.17, 15) is 4.79 Å². The Morgan fingerprint density at radius 2 is 2.14 bits per heavy atom. The molecule has 0 spiro atoms. The highest BCUT2D eigenvalue weighted by Crippen LogP contribution is 2.37. The van der Waals surface area contributed by atoms with Crippen LogP contribution in [-0.2, 0) is 17.8 Å². The van der Waals surface area contributed by atoms with Crippen molar-refractivity contribution in [2.45, 2.75) is 26.3 Å². The SMILES string of the molecule is CC1CC1C(=O)NCCc1nccn1Cc1ccccc1. The number of hydrogen-bond donors (Lipinski definition) is 1. The highest BCUT2D eigenvalue weighted by molar-refractivity contribution is 5.81. The second-order valence-corrected chi connectivity index (χ2v) is 5.82. The number of carbonyl (C=O) groups is 1. The molecule has 1 aromatic heterocycles. The zero-order chi connectivity index (χ0) is 14.7. The number of imidazole rings is 1. The Kier molecular flexibility index (Phi) is 4.04. The Balaban J connectivity index is 1.52. The normalized spacial score (nSPS) is 20.2. The van der Waals surface area contributed by atoms with Gasteiger partial charge in [0.2, 0.25) is 5.91 Å². The molecule has 0 saturated heterocycles. The van der Waals surface area contributed by atoms with E-state index >= 15 is 0 Å². The van der Waals surface area contributed by atoms with E-state index in [0.717, 1.165) is 25.2 Å². The molecule has 1 aliphatic carbocycles. The maximum absolute atomic E-state index is 11.8. The molecule has 2 aromatic rings. The van der Waals surface area contributed by atoms with Crippen molar-refractivity contribution >= 4 is 5.91 Å². The Morgan fingerprint density at radius 1 is 1.38 bits per heavy atom. The molecule has 1 heterocycles. The zero-order valence-electron chi connectivity index (χ0n) is 12.3. The van der Waals surface area contributed by atoms with Crippen molar-refractivity contribution < 1.29 is 4.79 Å². The minimum atomic E-state index is 0.198. The van der Waals surface area contributed by atoms with E-state index in [4.69, 9.17) is 0 Å². The van der Waals surface area contributed by atoms with Crippen molar-refractivity contribution in [3.05, 3.63) is 54.1 Å². The molecule has 1 aliphatic rings. The van der Waals surface area contributed by atoms with Crippen LogP contribution in [0.15, 0.2) is 42.7 Å². The van der Waals surface area contributed by atoms with Crippen LogP contribution in [0.3, 0.4) is 0 Å². The lowest BCUT2D eigenvalue weighted by atomic mass is 10.2. The molecule has 1 N–H and O–H groups in total. The number of carbonyl (C=O) groups excluding carboxylic acids is 1. The van der Waals surface area contributed by atoms with E-state index < -0.39 is 0 Å². The fraction of sp³-hybridized carbons (Fsp3) is 0.412. The monoisotopic (exact) mass is 283 g/mol. The molecule has 110 valence electrons. The number of hydrogen-bond acceptors (Lipinski definition) is 2. The van der Waals surface area contributed by atoms with Crippen molar-refractivity contribution in [2.24, 2.45) is 11.8 Å². The first kappa shape index (κ1) is 13.9. The predicted molar refractivity (Wildman–Crippen MR) is 81.8 cm³/mol. The Bertz CT molecular complexity index is 606. The minimum absolute atomic E-state index is 0.198. The van der Waals surface area contributed by atoms with E-state index in [0.29, 0.717) is 12.5 Å². The van der Waals surface area contributed by atoms with Gasteiger partial charge in [0.25, 0.3) is 0 Å². The molecule has 4 nitrogen and oxygen atoms in total. The predicted octanol–water partition coefficient (Wildman–Crippen LogP) is 2.25. The van der Waals surface area contributed by atoms with Gasteiger partial charge in [-0.25, -0.2) is 4.98 Å². The largest absolute Gasteiger partial charge is 0.355 e. The van der Waals surface area contributed by atoms with Gasteiger partial charge < -0.3 is 9.88 Å². The first-order chi connectivity index (χ1) is 10.2. The second-order valence-electron chi connectivity index (χ2n) is 5.82. The summed E-state index contributed by atoms with van der Waals surface area (Å²) in [7, 11) is 0. The number of nitrogens with zero attached hydrogens (tertiary/aromatic N) is 2. The molecule has 1 fully saturated rings. The summed E-state index contributed by atoms with van der Waals surface area (Å²) in [5.41, 5.74) is 1.26. The minimum Gasteiger partial charge on any atom is -0.355 e. The summed E-state index contributed by atoms with van der Waals surface area (Å²) in [6.07, 6.45) is 5.62. The summed E-state index contributed by atoms with van der Waals surface area (Å²) in [5.74, 6) is 2.02. The zero-order valence-corrected chi connectivity index (χ0v) is 12.3.